The molecule has 0 saturated carbocycles. The monoisotopic (exact) mass is 602 g/mol. The zero-order valence-corrected chi connectivity index (χ0v) is 25.0. The van der Waals surface area contributed by atoms with Gasteiger partial charge in [-0.15, -0.1) is 0 Å². The van der Waals surface area contributed by atoms with Gasteiger partial charge in [0.2, 0.25) is 11.8 Å². The Labute approximate surface area is 250 Å². The number of rotatable bonds is 8. The Balaban J connectivity index is 1.41. The number of nitrogens with zero attached hydrogens (tertiary/aromatic N) is 3. The quantitative estimate of drug-likeness (QED) is 0.434. The number of hydrogen-bond acceptors (Lipinski definition) is 6. The molecule has 2 fully saturated rings. The van der Waals surface area contributed by atoms with Crippen molar-refractivity contribution in [2.75, 3.05) is 26.2 Å². The summed E-state index contributed by atoms with van der Waals surface area (Å²) >= 11 is 0. The Morgan fingerprint density at radius 2 is 1.74 bits per heavy atom. The number of carbonyl (C=O) groups is 3. The van der Waals surface area contributed by atoms with Crippen LogP contribution < -0.4 is 10.1 Å². The SMILES string of the molecule is C[C@H](Oc1ccc(-c2ccc(CC(NC(=O)OC(C)(C)C)C(=O)N3CC[C@H](F)C3)c(F)c2)cn1)C1CCN(C(=O)O)CC1. The van der Waals surface area contributed by atoms with Gasteiger partial charge in [-0.05, 0) is 76.1 Å². The average molecular weight is 603 g/mol. The number of carbonyl (C=O) groups excluding carboxylic acids is 2. The summed E-state index contributed by atoms with van der Waals surface area (Å²) < 4.78 is 40.4. The topological polar surface area (TPSA) is 121 Å². The molecular formula is C31H40F2N4O6. The predicted molar refractivity (Wildman–Crippen MR) is 155 cm³/mol. The van der Waals surface area contributed by atoms with Crippen LogP contribution >= 0.6 is 0 Å². The van der Waals surface area contributed by atoms with Gasteiger partial charge in [-0.1, -0.05) is 12.1 Å². The molecule has 0 radical (unpaired) electrons. The molecule has 2 aliphatic heterocycles. The maximum absolute atomic E-state index is 15.3. The number of pyridine rings is 1. The van der Waals surface area contributed by atoms with Crippen LogP contribution in [0.4, 0.5) is 18.4 Å². The van der Waals surface area contributed by atoms with Crippen LogP contribution in [0.25, 0.3) is 11.1 Å². The number of benzene rings is 1. The highest BCUT2D eigenvalue weighted by atomic mass is 19.1. The number of carboxylic acid groups (broad SMARTS) is 1. The highest BCUT2D eigenvalue weighted by Gasteiger charge is 2.33. The fourth-order valence-electron chi connectivity index (χ4n) is 5.37. The third-order valence-corrected chi connectivity index (χ3v) is 7.76. The molecule has 43 heavy (non-hydrogen) atoms. The number of amides is 3. The summed E-state index contributed by atoms with van der Waals surface area (Å²) in [6.07, 6.45) is 0.102. The van der Waals surface area contributed by atoms with Crippen LogP contribution in [0.5, 0.6) is 5.88 Å². The Morgan fingerprint density at radius 1 is 1.07 bits per heavy atom. The third kappa shape index (κ3) is 8.77. The lowest BCUT2D eigenvalue weighted by Gasteiger charge is -2.33. The molecule has 234 valence electrons. The van der Waals surface area contributed by atoms with Gasteiger partial charge in [0, 0.05) is 43.9 Å². The first-order valence-electron chi connectivity index (χ1n) is 14.6. The van der Waals surface area contributed by atoms with Crippen LogP contribution in [0.1, 0.15) is 52.5 Å². The highest BCUT2D eigenvalue weighted by molar-refractivity contribution is 5.86. The molecule has 12 heteroatoms. The second-order valence-electron chi connectivity index (χ2n) is 12.2. The smallest absolute Gasteiger partial charge is 0.408 e. The predicted octanol–water partition coefficient (Wildman–Crippen LogP) is 5.05. The normalized spacial score (nSPS) is 19.1. The number of piperidine rings is 1. The molecule has 0 aliphatic carbocycles. The Bertz CT molecular complexity index is 1290. The molecular weight excluding hydrogens is 562 g/mol. The lowest BCUT2D eigenvalue weighted by atomic mass is 9.92. The molecule has 2 aliphatic rings. The summed E-state index contributed by atoms with van der Waals surface area (Å²) in [7, 11) is 0. The summed E-state index contributed by atoms with van der Waals surface area (Å²) in [5.41, 5.74) is 0.641. The maximum atomic E-state index is 15.3. The van der Waals surface area contributed by atoms with Crippen molar-refractivity contribution in [2.24, 2.45) is 5.92 Å². The van der Waals surface area contributed by atoms with Crippen molar-refractivity contribution < 1.29 is 37.7 Å². The van der Waals surface area contributed by atoms with E-state index in [1.807, 2.05) is 6.92 Å². The van der Waals surface area contributed by atoms with Crippen molar-refractivity contribution in [3.05, 3.63) is 47.9 Å². The van der Waals surface area contributed by atoms with Crippen molar-refractivity contribution >= 4 is 18.1 Å². The van der Waals surface area contributed by atoms with Crippen LogP contribution in [0.3, 0.4) is 0 Å². The molecule has 2 saturated heterocycles. The summed E-state index contributed by atoms with van der Waals surface area (Å²) in [6.45, 7) is 8.13. The van der Waals surface area contributed by atoms with Gasteiger partial charge in [-0.25, -0.2) is 23.4 Å². The largest absolute Gasteiger partial charge is 0.474 e. The minimum atomic E-state index is -1.13. The first-order valence-corrected chi connectivity index (χ1v) is 14.6. The van der Waals surface area contributed by atoms with Crippen molar-refractivity contribution in [1.82, 2.24) is 20.1 Å². The van der Waals surface area contributed by atoms with Gasteiger partial charge in [0.05, 0.1) is 6.54 Å². The van der Waals surface area contributed by atoms with E-state index < -0.39 is 41.7 Å². The first kappa shape index (κ1) is 32.0. The Morgan fingerprint density at radius 3 is 2.30 bits per heavy atom. The van der Waals surface area contributed by atoms with E-state index in [9.17, 15) is 18.8 Å². The summed E-state index contributed by atoms with van der Waals surface area (Å²) in [5, 5.41) is 11.7. The van der Waals surface area contributed by atoms with Crippen molar-refractivity contribution in [3.8, 4) is 17.0 Å². The van der Waals surface area contributed by atoms with Gasteiger partial charge >= 0.3 is 12.2 Å². The van der Waals surface area contributed by atoms with Crippen LogP contribution in [0.15, 0.2) is 36.5 Å². The van der Waals surface area contributed by atoms with E-state index in [-0.39, 0.29) is 43.5 Å². The lowest BCUT2D eigenvalue weighted by Crippen LogP contribution is -2.50. The number of likely N-dealkylation sites (tertiary alicyclic amines) is 2. The van der Waals surface area contributed by atoms with E-state index >= 15 is 4.39 Å². The number of hydrogen-bond donors (Lipinski definition) is 2. The van der Waals surface area contributed by atoms with Crippen LogP contribution in [-0.2, 0) is 16.0 Å². The average Bonchev–Trinajstić information content (AvgIpc) is 3.38. The van der Waals surface area contributed by atoms with Crippen LogP contribution in [-0.4, -0.2) is 88.1 Å². The van der Waals surface area contributed by atoms with E-state index in [0.29, 0.717) is 42.9 Å². The van der Waals surface area contributed by atoms with Gasteiger partial charge in [-0.3, -0.25) is 4.79 Å². The molecule has 3 heterocycles. The fraction of sp³-hybridized carbons (Fsp3) is 0.548. The zero-order chi connectivity index (χ0) is 31.3. The second kappa shape index (κ2) is 13.6. The van der Waals surface area contributed by atoms with Crippen LogP contribution in [0, 0.1) is 11.7 Å². The highest BCUT2D eigenvalue weighted by Crippen LogP contribution is 2.27. The molecule has 4 rings (SSSR count). The van der Waals surface area contributed by atoms with Crippen LogP contribution in [0.2, 0.25) is 0 Å². The first-order chi connectivity index (χ1) is 20.3. The van der Waals surface area contributed by atoms with Gasteiger partial charge in [0.25, 0.3) is 0 Å². The van der Waals surface area contributed by atoms with Crippen molar-refractivity contribution in [3.63, 3.8) is 0 Å². The van der Waals surface area contributed by atoms with E-state index in [1.165, 1.54) is 15.9 Å². The van der Waals surface area contributed by atoms with E-state index in [4.69, 9.17) is 14.6 Å². The number of halogens is 2. The van der Waals surface area contributed by atoms with Gasteiger partial charge in [0.15, 0.2) is 0 Å². The molecule has 0 bridgehead atoms. The van der Waals surface area contributed by atoms with E-state index in [0.717, 1.165) is 0 Å². The summed E-state index contributed by atoms with van der Waals surface area (Å²) in [6, 6.07) is 6.95. The molecule has 1 aromatic heterocycles. The summed E-state index contributed by atoms with van der Waals surface area (Å²) in [4.78, 5) is 43.9. The van der Waals surface area contributed by atoms with Crippen molar-refractivity contribution in [1.29, 1.82) is 0 Å². The number of alkyl halides is 1. The summed E-state index contributed by atoms with van der Waals surface area (Å²) in [5.74, 6) is -0.423. The molecule has 1 aromatic carbocycles. The minimum absolute atomic E-state index is 0.0672. The van der Waals surface area contributed by atoms with Gasteiger partial charge in [0.1, 0.15) is 29.7 Å². The number of alkyl carbamates (subject to hydrolysis) is 1. The molecule has 1 unspecified atom stereocenters. The number of ether oxygens (including phenoxy) is 2. The minimum Gasteiger partial charge on any atom is -0.474 e. The van der Waals surface area contributed by atoms with Gasteiger partial charge in [-0.2, -0.15) is 0 Å². The lowest BCUT2D eigenvalue weighted by molar-refractivity contribution is -0.132. The third-order valence-electron chi connectivity index (χ3n) is 7.76. The Hall–Kier alpha value is -3.96. The molecule has 10 nitrogen and oxygen atoms in total. The van der Waals surface area contributed by atoms with Crippen molar-refractivity contribution in [2.45, 2.75) is 77.3 Å². The molecule has 3 atom stereocenters. The van der Waals surface area contributed by atoms with E-state index in [1.54, 1.807) is 51.2 Å². The molecule has 2 aromatic rings. The molecule has 0 spiro atoms. The standard InChI is InChI=1S/C31H40F2N4O6/c1-19(20-9-12-36(13-10-20)30(40)41)42-27-8-7-23(17-34-27)21-5-6-22(25(33)15-21)16-26(35-29(39)43-31(2,3)4)28(38)37-14-11-24(32)18-37/h5-8,15,17,19-20,24,26H,9-14,16,18H2,1-4H3,(H,35,39)(H,40,41)/t19-,24-,26?/m0/s1. The molecule has 3 amide bonds. The maximum Gasteiger partial charge on any atom is 0.408 e. The Kier molecular flexibility index (Phi) is 10.1. The molecule has 2 N–H and O–H groups in total. The fourth-order valence-corrected chi connectivity index (χ4v) is 5.37. The zero-order valence-electron chi connectivity index (χ0n) is 25.0. The van der Waals surface area contributed by atoms with Gasteiger partial charge < -0.3 is 29.7 Å². The second-order valence-corrected chi connectivity index (χ2v) is 12.2. The number of aromatic nitrogens is 1. The van der Waals surface area contributed by atoms with E-state index in [2.05, 4.69) is 10.3 Å². The number of nitrogens with one attached hydrogen (secondary N) is 1.